The Labute approximate surface area is 141 Å². The molecule has 0 spiro atoms. The van der Waals surface area contributed by atoms with Gasteiger partial charge in [0.25, 0.3) is 5.91 Å². The Morgan fingerprint density at radius 1 is 1.40 bits per heavy atom. The van der Waals surface area contributed by atoms with Crippen molar-refractivity contribution in [2.24, 2.45) is 7.05 Å². The fraction of sp³-hybridized carbons (Fsp3) is 0.0588. The average molecular weight is 332 g/mol. The third-order valence-electron chi connectivity index (χ3n) is 3.89. The average Bonchev–Trinajstić information content (AvgIpc) is 3.32. The van der Waals surface area contributed by atoms with E-state index in [1.54, 1.807) is 36.1 Å². The summed E-state index contributed by atoms with van der Waals surface area (Å²) in [4.78, 5) is 12.5. The molecule has 0 radical (unpaired) electrons. The van der Waals surface area contributed by atoms with Gasteiger partial charge in [-0.2, -0.15) is 10.4 Å². The van der Waals surface area contributed by atoms with Crippen LogP contribution >= 0.6 is 0 Å². The molecule has 0 fully saturated rings. The minimum atomic E-state index is -0.293. The molecule has 3 aromatic heterocycles. The van der Waals surface area contributed by atoms with Crippen LogP contribution in [0.3, 0.4) is 0 Å². The van der Waals surface area contributed by atoms with Crippen LogP contribution < -0.4 is 5.32 Å². The number of carbonyl (C=O) groups excluding carboxylic acids is 1. The first kappa shape index (κ1) is 14.7. The van der Waals surface area contributed by atoms with E-state index in [1.807, 2.05) is 18.2 Å². The first-order valence-corrected chi connectivity index (χ1v) is 7.41. The molecule has 0 unspecified atom stereocenters. The Balaban J connectivity index is 1.68. The monoisotopic (exact) mass is 332 g/mol. The maximum absolute atomic E-state index is 12.5. The SMILES string of the molecule is Cn1cc(C#N)cc1C(=O)Nc1ccc2[nH]nc(-c3cnoc3)c2c1. The summed E-state index contributed by atoms with van der Waals surface area (Å²) in [6, 6.07) is 9.01. The Hall–Kier alpha value is -3.86. The number of aromatic amines is 1. The van der Waals surface area contributed by atoms with Gasteiger partial charge in [-0.25, -0.2) is 0 Å². The van der Waals surface area contributed by atoms with Crippen molar-refractivity contribution < 1.29 is 9.32 Å². The normalized spacial score (nSPS) is 10.7. The van der Waals surface area contributed by atoms with Crippen molar-refractivity contribution in [3.63, 3.8) is 0 Å². The number of aryl methyl sites for hydroxylation is 1. The highest BCUT2D eigenvalue weighted by Crippen LogP contribution is 2.28. The molecule has 8 heteroatoms. The summed E-state index contributed by atoms with van der Waals surface area (Å²) in [5, 5.41) is 23.5. The second kappa shape index (κ2) is 5.65. The summed E-state index contributed by atoms with van der Waals surface area (Å²) in [5.41, 5.74) is 3.74. The van der Waals surface area contributed by atoms with Gasteiger partial charge in [-0.05, 0) is 24.3 Å². The smallest absolute Gasteiger partial charge is 0.272 e. The maximum atomic E-state index is 12.5. The summed E-state index contributed by atoms with van der Waals surface area (Å²) < 4.78 is 6.48. The van der Waals surface area contributed by atoms with Gasteiger partial charge in [0.2, 0.25) is 0 Å². The number of hydrogen-bond donors (Lipinski definition) is 2. The molecule has 2 N–H and O–H groups in total. The molecule has 0 bridgehead atoms. The van der Waals surface area contributed by atoms with Crippen LogP contribution in [0.15, 0.2) is 47.4 Å². The predicted octanol–water partition coefficient (Wildman–Crippen LogP) is 2.68. The zero-order chi connectivity index (χ0) is 17.4. The van der Waals surface area contributed by atoms with Gasteiger partial charge in [-0.15, -0.1) is 0 Å². The number of fused-ring (bicyclic) bond motifs is 1. The molecule has 122 valence electrons. The predicted molar refractivity (Wildman–Crippen MR) is 89.7 cm³/mol. The third kappa shape index (κ3) is 2.53. The topological polar surface area (TPSA) is 113 Å². The van der Waals surface area contributed by atoms with Crippen LogP contribution in [-0.4, -0.2) is 25.8 Å². The minimum Gasteiger partial charge on any atom is -0.364 e. The number of benzene rings is 1. The molecule has 8 nitrogen and oxygen atoms in total. The molecule has 0 saturated carbocycles. The van der Waals surface area contributed by atoms with E-state index in [0.717, 1.165) is 16.5 Å². The Morgan fingerprint density at radius 2 is 2.28 bits per heavy atom. The number of anilines is 1. The van der Waals surface area contributed by atoms with Gasteiger partial charge in [-0.1, -0.05) is 5.16 Å². The lowest BCUT2D eigenvalue weighted by Gasteiger charge is -2.06. The Morgan fingerprint density at radius 3 is 3.00 bits per heavy atom. The van der Waals surface area contributed by atoms with Crippen molar-refractivity contribution in [1.29, 1.82) is 5.26 Å². The van der Waals surface area contributed by atoms with Crippen LogP contribution in [-0.2, 0) is 7.05 Å². The number of rotatable bonds is 3. The quantitative estimate of drug-likeness (QED) is 0.599. The van der Waals surface area contributed by atoms with Crippen LogP contribution in [0, 0.1) is 11.3 Å². The van der Waals surface area contributed by atoms with E-state index in [2.05, 4.69) is 20.7 Å². The molecule has 0 aliphatic rings. The summed E-state index contributed by atoms with van der Waals surface area (Å²) in [7, 11) is 1.72. The van der Waals surface area contributed by atoms with Crippen molar-refractivity contribution in [2.45, 2.75) is 0 Å². The van der Waals surface area contributed by atoms with Crippen molar-refractivity contribution in [3.8, 4) is 17.3 Å². The third-order valence-corrected chi connectivity index (χ3v) is 3.89. The van der Waals surface area contributed by atoms with E-state index in [4.69, 9.17) is 9.78 Å². The second-order valence-corrected chi connectivity index (χ2v) is 5.54. The summed E-state index contributed by atoms with van der Waals surface area (Å²) in [6.07, 6.45) is 4.70. The number of hydrogen-bond acceptors (Lipinski definition) is 5. The molecule has 3 heterocycles. The lowest BCUT2D eigenvalue weighted by atomic mass is 10.1. The van der Waals surface area contributed by atoms with Gasteiger partial charge in [0.1, 0.15) is 23.7 Å². The standard InChI is InChI=1S/C17H12N6O2/c1-23-8-10(6-18)4-15(23)17(24)20-12-2-3-14-13(5-12)16(22-21-14)11-7-19-25-9-11/h2-5,7-9H,1H3,(H,20,24)(H,21,22). The van der Waals surface area contributed by atoms with Gasteiger partial charge < -0.3 is 14.4 Å². The molecule has 4 aromatic rings. The van der Waals surface area contributed by atoms with Gasteiger partial charge in [0, 0.05) is 24.3 Å². The highest BCUT2D eigenvalue weighted by atomic mass is 16.5. The lowest BCUT2D eigenvalue weighted by molar-refractivity contribution is 0.101. The number of nitrogens with one attached hydrogen (secondary N) is 2. The highest BCUT2D eigenvalue weighted by Gasteiger charge is 2.14. The van der Waals surface area contributed by atoms with Crippen molar-refractivity contribution in [3.05, 3.63) is 54.2 Å². The molecule has 0 aliphatic heterocycles. The van der Waals surface area contributed by atoms with Crippen molar-refractivity contribution >= 4 is 22.5 Å². The van der Waals surface area contributed by atoms with E-state index < -0.39 is 0 Å². The van der Waals surface area contributed by atoms with Crippen LogP contribution in [0.5, 0.6) is 0 Å². The molecule has 0 aliphatic carbocycles. The molecular formula is C17H12N6O2. The Bertz CT molecular complexity index is 1110. The zero-order valence-electron chi connectivity index (χ0n) is 13.1. The highest BCUT2D eigenvalue weighted by molar-refractivity contribution is 6.05. The van der Waals surface area contributed by atoms with Gasteiger partial charge in [0.05, 0.1) is 22.8 Å². The number of nitriles is 1. The van der Waals surface area contributed by atoms with E-state index in [-0.39, 0.29) is 5.91 Å². The van der Waals surface area contributed by atoms with E-state index in [1.165, 1.54) is 6.26 Å². The number of nitrogens with zero attached hydrogens (tertiary/aromatic N) is 4. The largest absolute Gasteiger partial charge is 0.364 e. The number of H-pyrrole nitrogens is 1. The first-order chi connectivity index (χ1) is 12.2. The number of carbonyl (C=O) groups is 1. The molecule has 4 rings (SSSR count). The van der Waals surface area contributed by atoms with E-state index in [9.17, 15) is 4.79 Å². The molecule has 1 aromatic carbocycles. The number of amides is 1. The summed E-state index contributed by atoms with van der Waals surface area (Å²) in [6.45, 7) is 0. The van der Waals surface area contributed by atoms with Crippen LogP contribution in [0.1, 0.15) is 16.1 Å². The fourth-order valence-corrected chi connectivity index (χ4v) is 2.68. The van der Waals surface area contributed by atoms with Crippen molar-refractivity contribution in [1.82, 2.24) is 19.9 Å². The van der Waals surface area contributed by atoms with Gasteiger partial charge in [-0.3, -0.25) is 9.89 Å². The first-order valence-electron chi connectivity index (χ1n) is 7.41. The van der Waals surface area contributed by atoms with Crippen LogP contribution in [0.4, 0.5) is 5.69 Å². The summed E-state index contributed by atoms with van der Waals surface area (Å²) >= 11 is 0. The molecular weight excluding hydrogens is 320 g/mol. The molecule has 0 atom stereocenters. The Kier molecular flexibility index (Phi) is 3.32. The maximum Gasteiger partial charge on any atom is 0.272 e. The van der Waals surface area contributed by atoms with E-state index in [0.29, 0.717) is 22.6 Å². The van der Waals surface area contributed by atoms with Gasteiger partial charge >= 0.3 is 0 Å². The molecule has 0 saturated heterocycles. The summed E-state index contributed by atoms with van der Waals surface area (Å²) in [5.74, 6) is -0.293. The van der Waals surface area contributed by atoms with Gasteiger partial charge in [0.15, 0.2) is 0 Å². The second-order valence-electron chi connectivity index (χ2n) is 5.54. The fourth-order valence-electron chi connectivity index (χ4n) is 2.68. The van der Waals surface area contributed by atoms with E-state index >= 15 is 0 Å². The molecule has 1 amide bonds. The van der Waals surface area contributed by atoms with Crippen LogP contribution in [0.2, 0.25) is 0 Å². The molecule has 25 heavy (non-hydrogen) atoms. The number of aromatic nitrogens is 4. The minimum absolute atomic E-state index is 0.293. The lowest BCUT2D eigenvalue weighted by Crippen LogP contribution is -2.15. The van der Waals surface area contributed by atoms with Crippen molar-refractivity contribution in [2.75, 3.05) is 5.32 Å². The van der Waals surface area contributed by atoms with Crippen LogP contribution in [0.25, 0.3) is 22.2 Å². The zero-order valence-corrected chi connectivity index (χ0v) is 13.1.